The number of aryl methyl sites for hydroxylation is 2. The van der Waals surface area contributed by atoms with E-state index in [2.05, 4.69) is 5.32 Å². The van der Waals surface area contributed by atoms with Gasteiger partial charge in [0.05, 0.1) is 17.9 Å². The zero-order valence-corrected chi connectivity index (χ0v) is 22.0. The first-order valence-corrected chi connectivity index (χ1v) is 12.5. The van der Waals surface area contributed by atoms with Crippen molar-refractivity contribution in [3.05, 3.63) is 130 Å². The summed E-state index contributed by atoms with van der Waals surface area (Å²) in [5, 5.41) is 13.2. The summed E-state index contributed by atoms with van der Waals surface area (Å²) in [7, 11) is 0. The molecule has 0 radical (unpaired) electrons. The maximum absolute atomic E-state index is 14.4. The summed E-state index contributed by atoms with van der Waals surface area (Å²) >= 11 is 0. The molecule has 0 spiro atoms. The molecule has 4 rings (SSSR count). The summed E-state index contributed by atoms with van der Waals surface area (Å²) in [6, 6.07) is 20.6. The second-order valence-electron chi connectivity index (χ2n) is 9.49. The smallest absolute Gasteiger partial charge is 0.261 e. The van der Waals surface area contributed by atoms with Crippen molar-refractivity contribution >= 4 is 23.2 Å². The van der Waals surface area contributed by atoms with Gasteiger partial charge in [0.2, 0.25) is 5.82 Å². The van der Waals surface area contributed by atoms with Crippen LogP contribution in [0, 0.1) is 42.9 Å². The van der Waals surface area contributed by atoms with Crippen molar-refractivity contribution in [2.45, 2.75) is 32.9 Å². The van der Waals surface area contributed by atoms with E-state index in [1.54, 1.807) is 80.6 Å². The zero-order valence-electron chi connectivity index (χ0n) is 22.0. The lowest BCUT2D eigenvalue weighted by molar-refractivity contribution is -0.126. The molecule has 0 heterocycles. The number of amides is 2. The molecule has 0 bridgehead atoms. The third-order valence-corrected chi connectivity index (χ3v) is 6.41. The van der Waals surface area contributed by atoms with Crippen LogP contribution in [0.5, 0.6) is 0 Å². The van der Waals surface area contributed by atoms with Crippen molar-refractivity contribution < 1.29 is 36.6 Å². The van der Waals surface area contributed by atoms with Crippen molar-refractivity contribution in [2.24, 2.45) is 0 Å². The van der Waals surface area contributed by atoms with Crippen molar-refractivity contribution in [2.75, 3.05) is 10.2 Å². The van der Waals surface area contributed by atoms with Crippen molar-refractivity contribution in [3.8, 4) is 0 Å². The number of carbonyl (C=O) groups is 2. The van der Waals surface area contributed by atoms with Crippen LogP contribution >= 0.6 is 0 Å². The normalized spacial score (nSPS) is 11.7. The van der Waals surface area contributed by atoms with Crippen LogP contribution in [0.25, 0.3) is 0 Å². The number of benzene rings is 4. The molecular formula is C31H25F5N2O3. The van der Waals surface area contributed by atoms with E-state index in [9.17, 15) is 36.6 Å². The average Bonchev–Trinajstić information content (AvgIpc) is 2.95. The molecule has 0 saturated heterocycles. The van der Waals surface area contributed by atoms with Crippen LogP contribution in [-0.4, -0.2) is 23.0 Å². The van der Waals surface area contributed by atoms with Crippen LogP contribution in [-0.2, 0) is 17.8 Å². The van der Waals surface area contributed by atoms with Crippen LogP contribution in [0.1, 0.15) is 32.6 Å². The second-order valence-corrected chi connectivity index (χ2v) is 9.49. The van der Waals surface area contributed by atoms with Gasteiger partial charge in [-0.3, -0.25) is 9.59 Å². The Morgan fingerprint density at radius 2 is 1.29 bits per heavy atom. The average molecular weight is 569 g/mol. The number of rotatable bonds is 8. The van der Waals surface area contributed by atoms with E-state index >= 15 is 0 Å². The van der Waals surface area contributed by atoms with Crippen LogP contribution in [0.15, 0.2) is 72.8 Å². The Bertz CT molecular complexity index is 1570. The lowest BCUT2D eigenvalue weighted by Gasteiger charge is -2.29. The van der Waals surface area contributed by atoms with Gasteiger partial charge in [-0.05, 0) is 42.2 Å². The number of halogens is 5. The highest BCUT2D eigenvalue weighted by atomic mass is 19.2. The fraction of sp³-hybridized carbons (Fsp3) is 0.161. The fourth-order valence-corrected chi connectivity index (χ4v) is 4.54. The van der Waals surface area contributed by atoms with Crippen LogP contribution in [0.2, 0.25) is 0 Å². The number of carbonyl (C=O) groups excluding carboxylic acids is 2. The third-order valence-electron chi connectivity index (χ3n) is 6.41. The Labute approximate surface area is 232 Å². The third kappa shape index (κ3) is 6.28. The van der Waals surface area contributed by atoms with E-state index in [1.165, 1.54) is 11.0 Å². The Hall–Kier alpha value is -4.57. The van der Waals surface area contributed by atoms with Gasteiger partial charge in [-0.15, -0.1) is 0 Å². The topological polar surface area (TPSA) is 69.6 Å². The Kier molecular flexibility index (Phi) is 8.83. The minimum Gasteiger partial charge on any atom is -0.383 e. The van der Waals surface area contributed by atoms with Gasteiger partial charge < -0.3 is 15.3 Å². The van der Waals surface area contributed by atoms with E-state index in [1.807, 2.05) is 0 Å². The standard InChI is InChI=1S/C31H25F5N2O3/c1-17-13-18(2)29(21(14-17)37-30(40)23-24(32)26(34)28(36)27(35)25(23)33)38(16-20-11-7-4-8-12-20)31(41)22(39)15-19-9-5-3-6-10-19/h3-14,22,39H,15-16H2,1-2H3,(H,37,40). The van der Waals surface area contributed by atoms with Gasteiger partial charge >= 0.3 is 0 Å². The molecule has 0 aliphatic carbocycles. The maximum atomic E-state index is 14.4. The quantitative estimate of drug-likeness (QED) is 0.147. The minimum atomic E-state index is -2.39. The predicted molar refractivity (Wildman–Crippen MR) is 144 cm³/mol. The summed E-state index contributed by atoms with van der Waals surface area (Å²) in [6.07, 6.45) is -1.54. The molecule has 212 valence electrons. The SMILES string of the molecule is Cc1cc(C)c(N(Cc2ccccc2)C(=O)C(O)Cc2ccccc2)c(NC(=O)c2c(F)c(F)c(F)c(F)c2F)c1. The van der Waals surface area contributed by atoms with Crippen LogP contribution in [0.4, 0.5) is 33.3 Å². The summed E-state index contributed by atoms with van der Waals surface area (Å²) < 4.78 is 70.1. The largest absolute Gasteiger partial charge is 0.383 e. The number of aliphatic hydroxyl groups excluding tert-OH is 1. The number of anilines is 2. The molecule has 4 aromatic rings. The van der Waals surface area contributed by atoms with Gasteiger partial charge in [-0.1, -0.05) is 66.7 Å². The Balaban J connectivity index is 1.80. The molecule has 0 aliphatic heterocycles. The highest BCUT2D eigenvalue weighted by Crippen LogP contribution is 2.35. The maximum Gasteiger partial charge on any atom is 0.261 e. The Morgan fingerprint density at radius 1 is 0.780 bits per heavy atom. The van der Waals surface area contributed by atoms with E-state index in [4.69, 9.17) is 0 Å². The van der Waals surface area contributed by atoms with E-state index in [-0.39, 0.29) is 24.3 Å². The molecule has 2 N–H and O–H groups in total. The molecular weight excluding hydrogens is 543 g/mol. The molecule has 4 aromatic carbocycles. The lowest BCUT2D eigenvalue weighted by atomic mass is 10.0. The van der Waals surface area contributed by atoms with Crippen molar-refractivity contribution in [3.63, 3.8) is 0 Å². The van der Waals surface area contributed by atoms with Gasteiger partial charge in [0.15, 0.2) is 23.3 Å². The molecule has 5 nitrogen and oxygen atoms in total. The van der Waals surface area contributed by atoms with E-state index in [0.29, 0.717) is 22.3 Å². The summed E-state index contributed by atoms with van der Waals surface area (Å²) in [6.45, 7) is 3.20. The summed E-state index contributed by atoms with van der Waals surface area (Å²) in [4.78, 5) is 27.9. The van der Waals surface area contributed by atoms with Crippen LogP contribution in [0.3, 0.4) is 0 Å². The summed E-state index contributed by atoms with van der Waals surface area (Å²) in [5.41, 5.74) is 0.626. The van der Waals surface area contributed by atoms with E-state index in [0.717, 1.165) is 0 Å². The zero-order chi connectivity index (χ0) is 29.8. The number of aliphatic hydroxyl groups is 1. The monoisotopic (exact) mass is 568 g/mol. The van der Waals surface area contributed by atoms with Crippen molar-refractivity contribution in [1.29, 1.82) is 0 Å². The fourth-order valence-electron chi connectivity index (χ4n) is 4.54. The predicted octanol–water partition coefficient (Wildman–Crippen LogP) is 6.39. The molecule has 0 saturated carbocycles. The molecule has 1 atom stereocenters. The molecule has 0 aliphatic rings. The highest BCUT2D eigenvalue weighted by molar-refractivity contribution is 6.09. The van der Waals surface area contributed by atoms with Crippen LogP contribution < -0.4 is 10.2 Å². The van der Waals surface area contributed by atoms with Gasteiger partial charge in [0, 0.05) is 6.42 Å². The molecule has 0 fully saturated rings. The molecule has 10 heteroatoms. The number of hydrogen-bond acceptors (Lipinski definition) is 3. The molecule has 41 heavy (non-hydrogen) atoms. The minimum absolute atomic E-state index is 0.0257. The number of nitrogens with zero attached hydrogens (tertiary/aromatic N) is 1. The first-order chi connectivity index (χ1) is 19.5. The second kappa shape index (κ2) is 12.3. The van der Waals surface area contributed by atoms with Gasteiger partial charge in [0.25, 0.3) is 11.8 Å². The highest BCUT2D eigenvalue weighted by Gasteiger charge is 2.32. The van der Waals surface area contributed by atoms with Gasteiger partial charge in [0.1, 0.15) is 11.7 Å². The van der Waals surface area contributed by atoms with Gasteiger partial charge in [-0.2, -0.15) is 0 Å². The first-order valence-electron chi connectivity index (χ1n) is 12.5. The molecule has 0 aromatic heterocycles. The Morgan fingerprint density at radius 3 is 1.85 bits per heavy atom. The molecule has 1 unspecified atom stereocenters. The van der Waals surface area contributed by atoms with E-state index < -0.39 is 52.6 Å². The number of nitrogens with one attached hydrogen (secondary N) is 1. The molecule has 2 amide bonds. The van der Waals surface area contributed by atoms with Crippen molar-refractivity contribution in [1.82, 2.24) is 0 Å². The summed E-state index contributed by atoms with van der Waals surface area (Å²) in [5.74, 6) is -13.9. The first kappa shape index (κ1) is 29.4. The van der Waals surface area contributed by atoms with Gasteiger partial charge in [-0.25, -0.2) is 22.0 Å². The number of hydrogen-bond donors (Lipinski definition) is 2. The lowest BCUT2D eigenvalue weighted by Crippen LogP contribution is -2.41.